The second kappa shape index (κ2) is 17.0. The van der Waals surface area contributed by atoms with Gasteiger partial charge in [0, 0.05) is 22.9 Å². The van der Waals surface area contributed by atoms with Gasteiger partial charge >= 0.3 is 17.9 Å². The standard InChI is InChI=1S/C21H38O7S3/c1-15(29-5)8-18(22)26-12-21(11-25-4,13-27-19(23)9-16(2)30-6)14-28-20(24)10-17(3)31-7/h15-17H,8-14H2,1-7H3. The molecule has 0 radical (unpaired) electrons. The van der Waals surface area contributed by atoms with Gasteiger partial charge in [-0.2, -0.15) is 35.3 Å². The molecule has 31 heavy (non-hydrogen) atoms. The molecule has 0 bridgehead atoms. The number of ether oxygens (including phenoxy) is 4. The summed E-state index contributed by atoms with van der Waals surface area (Å²) in [5.41, 5.74) is -0.969. The molecule has 0 aromatic carbocycles. The van der Waals surface area contributed by atoms with E-state index in [2.05, 4.69) is 0 Å². The molecule has 0 amide bonds. The summed E-state index contributed by atoms with van der Waals surface area (Å²) < 4.78 is 21.8. The molecule has 0 aliphatic rings. The minimum absolute atomic E-state index is 0.0719. The molecular formula is C21H38O7S3. The molecule has 0 N–H and O–H groups in total. The zero-order valence-electron chi connectivity index (χ0n) is 19.8. The van der Waals surface area contributed by atoms with E-state index in [1.807, 2.05) is 39.5 Å². The van der Waals surface area contributed by atoms with Crippen molar-refractivity contribution >= 4 is 53.2 Å². The summed E-state index contributed by atoms with van der Waals surface area (Å²) in [5.74, 6) is -1.06. The zero-order chi connectivity index (χ0) is 23.9. The predicted octanol–water partition coefficient (Wildman–Crippen LogP) is 3.67. The molecule has 0 spiro atoms. The van der Waals surface area contributed by atoms with E-state index in [-0.39, 0.29) is 79.3 Å². The third kappa shape index (κ3) is 14.2. The summed E-state index contributed by atoms with van der Waals surface area (Å²) in [7, 11) is 1.50. The summed E-state index contributed by atoms with van der Waals surface area (Å²) in [6.07, 6.45) is 6.58. The lowest BCUT2D eigenvalue weighted by Crippen LogP contribution is -2.43. The molecule has 7 nitrogen and oxygen atoms in total. The van der Waals surface area contributed by atoms with E-state index in [1.165, 1.54) is 7.11 Å². The molecule has 0 rings (SSSR count). The predicted molar refractivity (Wildman–Crippen MR) is 130 cm³/mol. The molecule has 10 heteroatoms. The maximum Gasteiger partial charge on any atom is 0.306 e. The van der Waals surface area contributed by atoms with Crippen molar-refractivity contribution in [2.24, 2.45) is 5.41 Å². The highest BCUT2D eigenvalue weighted by atomic mass is 32.2. The fourth-order valence-corrected chi connectivity index (χ4v) is 3.30. The van der Waals surface area contributed by atoms with E-state index >= 15 is 0 Å². The van der Waals surface area contributed by atoms with Gasteiger partial charge in [0.15, 0.2) is 0 Å². The first-order valence-electron chi connectivity index (χ1n) is 10.2. The number of thioether (sulfide) groups is 3. The van der Waals surface area contributed by atoms with Crippen LogP contribution in [-0.4, -0.2) is 86.0 Å². The number of rotatable bonds is 17. The van der Waals surface area contributed by atoms with Gasteiger partial charge in [-0.3, -0.25) is 14.4 Å². The minimum atomic E-state index is -0.969. The first kappa shape index (κ1) is 30.4. The molecule has 0 aromatic rings. The Morgan fingerprint density at radius 2 is 0.935 bits per heavy atom. The van der Waals surface area contributed by atoms with Gasteiger partial charge in [-0.05, 0) is 18.8 Å². The van der Waals surface area contributed by atoms with Crippen LogP contribution in [0.5, 0.6) is 0 Å². The molecule has 0 saturated carbocycles. The van der Waals surface area contributed by atoms with E-state index < -0.39 is 5.41 Å². The van der Waals surface area contributed by atoms with Crippen LogP contribution in [0, 0.1) is 5.41 Å². The maximum absolute atomic E-state index is 12.2. The lowest BCUT2D eigenvalue weighted by molar-refractivity contribution is -0.166. The monoisotopic (exact) mass is 498 g/mol. The number of methoxy groups -OCH3 is 1. The Bertz CT molecular complexity index is 476. The van der Waals surface area contributed by atoms with Crippen molar-refractivity contribution in [3.05, 3.63) is 0 Å². The molecule has 3 atom stereocenters. The van der Waals surface area contributed by atoms with Crippen LogP contribution in [0.2, 0.25) is 0 Å². The van der Waals surface area contributed by atoms with Gasteiger partial charge in [0.2, 0.25) is 0 Å². The second-order valence-electron chi connectivity index (χ2n) is 7.67. The van der Waals surface area contributed by atoms with Crippen molar-refractivity contribution in [3.8, 4) is 0 Å². The second-order valence-corrected chi connectivity index (χ2v) is 11.5. The average Bonchev–Trinajstić information content (AvgIpc) is 2.74. The smallest absolute Gasteiger partial charge is 0.306 e. The Morgan fingerprint density at radius 1 is 0.645 bits per heavy atom. The van der Waals surface area contributed by atoms with Crippen molar-refractivity contribution in [2.45, 2.75) is 55.8 Å². The van der Waals surface area contributed by atoms with Crippen molar-refractivity contribution in [1.82, 2.24) is 0 Å². The molecule has 182 valence electrons. The molecule has 0 saturated heterocycles. The summed E-state index contributed by atoms with van der Waals surface area (Å²) in [6, 6.07) is 0. The van der Waals surface area contributed by atoms with Gasteiger partial charge in [-0.1, -0.05) is 20.8 Å². The van der Waals surface area contributed by atoms with E-state index in [0.717, 1.165) is 0 Å². The Balaban J connectivity index is 5.22. The van der Waals surface area contributed by atoms with E-state index in [9.17, 15) is 14.4 Å². The summed E-state index contributed by atoms with van der Waals surface area (Å²) >= 11 is 4.72. The van der Waals surface area contributed by atoms with Crippen molar-refractivity contribution in [1.29, 1.82) is 0 Å². The van der Waals surface area contributed by atoms with Gasteiger partial charge in [0.05, 0.1) is 31.3 Å². The van der Waals surface area contributed by atoms with Crippen molar-refractivity contribution in [3.63, 3.8) is 0 Å². The lowest BCUT2D eigenvalue weighted by Gasteiger charge is -2.31. The first-order chi connectivity index (χ1) is 14.6. The normalized spacial score (nSPS) is 16.0. The van der Waals surface area contributed by atoms with Crippen molar-refractivity contribution in [2.75, 3.05) is 52.3 Å². The van der Waals surface area contributed by atoms with Crippen LogP contribution >= 0.6 is 35.3 Å². The Hall–Kier alpha value is -0.580. The number of carbonyl (C=O) groups is 3. The van der Waals surface area contributed by atoms with E-state index in [0.29, 0.717) is 0 Å². The van der Waals surface area contributed by atoms with Crippen LogP contribution in [0.15, 0.2) is 0 Å². The maximum atomic E-state index is 12.2. The summed E-state index contributed by atoms with van der Waals surface area (Å²) in [6.45, 7) is 5.72. The lowest BCUT2D eigenvalue weighted by atomic mass is 9.92. The number of hydrogen-bond donors (Lipinski definition) is 0. The Labute approximate surface area is 199 Å². The Kier molecular flexibility index (Phi) is 16.7. The molecule has 0 aliphatic heterocycles. The van der Waals surface area contributed by atoms with Crippen LogP contribution in [-0.2, 0) is 33.3 Å². The van der Waals surface area contributed by atoms with Gasteiger partial charge < -0.3 is 18.9 Å². The van der Waals surface area contributed by atoms with E-state index in [4.69, 9.17) is 18.9 Å². The quantitative estimate of drug-likeness (QED) is 0.219. The highest BCUT2D eigenvalue weighted by Crippen LogP contribution is 2.23. The number of carbonyl (C=O) groups excluding carboxylic acids is 3. The summed E-state index contributed by atoms with van der Waals surface area (Å²) in [5, 5.41) is 0.378. The molecule has 0 fully saturated rings. The molecule has 3 unspecified atom stereocenters. The third-order valence-corrected chi connectivity index (χ3v) is 7.55. The fraction of sp³-hybridized carbons (Fsp3) is 0.857. The first-order valence-corrected chi connectivity index (χ1v) is 14.0. The van der Waals surface area contributed by atoms with Crippen LogP contribution in [0.1, 0.15) is 40.0 Å². The van der Waals surface area contributed by atoms with Crippen LogP contribution in [0.3, 0.4) is 0 Å². The van der Waals surface area contributed by atoms with Gasteiger partial charge in [-0.15, -0.1) is 0 Å². The zero-order valence-corrected chi connectivity index (χ0v) is 22.2. The fourth-order valence-electron chi connectivity index (χ4n) is 2.39. The van der Waals surface area contributed by atoms with Gasteiger partial charge in [0.1, 0.15) is 19.8 Å². The number of hydrogen-bond acceptors (Lipinski definition) is 10. The Morgan fingerprint density at radius 3 is 1.16 bits per heavy atom. The summed E-state index contributed by atoms with van der Waals surface area (Å²) in [4.78, 5) is 36.6. The molecular weight excluding hydrogens is 460 g/mol. The topological polar surface area (TPSA) is 88.1 Å². The minimum Gasteiger partial charge on any atom is -0.465 e. The largest absolute Gasteiger partial charge is 0.465 e. The molecule has 0 heterocycles. The molecule has 0 aromatic heterocycles. The van der Waals surface area contributed by atoms with Gasteiger partial charge in [0.25, 0.3) is 0 Å². The highest BCUT2D eigenvalue weighted by Gasteiger charge is 2.36. The molecule has 0 aliphatic carbocycles. The van der Waals surface area contributed by atoms with Crippen LogP contribution in [0.25, 0.3) is 0 Å². The van der Waals surface area contributed by atoms with Crippen molar-refractivity contribution < 1.29 is 33.3 Å². The van der Waals surface area contributed by atoms with Crippen LogP contribution in [0.4, 0.5) is 0 Å². The average molecular weight is 499 g/mol. The third-order valence-electron chi connectivity index (χ3n) is 4.64. The number of esters is 3. The van der Waals surface area contributed by atoms with E-state index in [1.54, 1.807) is 35.3 Å². The highest BCUT2D eigenvalue weighted by molar-refractivity contribution is 7.99. The van der Waals surface area contributed by atoms with Gasteiger partial charge in [-0.25, -0.2) is 0 Å². The SMILES string of the molecule is COCC(COC(=O)CC(C)SC)(COC(=O)CC(C)SC)COC(=O)CC(C)SC. The van der Waals surface area contributed by atoms with Crippen LogP contribution < -0.4 is 0 Å².